The minimum Gasteiger partial charge on any atom is -0.380 e. The average molecular weight is 352 g/mol. The number of rotatable bonds is 6. The van der Waals surface area contributed by atoms with Crippen LogP contribution in [0, 0.1) is 19.8 Å². The van der Waals surface area contributed by atoms with Crippen molar-refractivity contribution in [1.82, 2.24) is 19.8 Å². The molecule has 4 N–H and O–H groups in total. The van der Waals surface area contributed by atoms with Gasteiger partial charge in [0.15, 0.2) is 0 Å². The van der Waals surface area contributed by atoms with Crippen LogP contribution in [0.4, 0.5) is 5.69 Å². The van der Waals surface area contributed by atoms with Gasteiger partial charge in [0.05, 0.1) is 28.7 Å². The third kappa shape index (κ3) is 2.94. The summed E-state index contributed by atoms with van der Waals surface area (Å²) in [6.45, 7) is 6.12. The van der Waals surface area contributed by atoms with Crippen molar-refractivity contribution in [2.75, 3.05) is 5.32 Å². The zero-order valence-corrected chi connectivity index (χ0v) is 15.3. The van der Waals surface area contributed by atoms with Crippen molar-refractivity contribution in [2.24, 2.45) is 11.7 Å². The first kappa shape index (κ1) is 16.6. The van der Waals surface area contributed by atoms with E-state index in [1.807, 2.05) is 26.1 Å². The van der Waals surface area contributed by atoms with Crippen molar-refractivity contribution in [3.05, 3.63) is 35.4 Å². The quantitative estimate of drug-likeness (QED) is 0.634. The van der Waals surface area contributed by atoms with Crippen LogP contribution in [0.15, 0.2) is 18.5 Å². The summed E-state index contributed by atoms with van der Waals surface area (Å²) in [6, 6.07) is 2.30. The van der Waals surface area contributed by atoms with Gasteiger partial charge in [0.25, 0.3) is 5.91 Å². The number of nitrogens with two attached hydrogens (primary N) is 1. The first-order chi connectivity index (χ1) is 12.4. The molecule has 1 amide bonds. The Morgan fingerprint density at radius 2 is 2.23 bits per heavy atom. The number of fused-ring (bicyclic) bond motifs is 1. The van der Waals surface area contributed by atoms with Crippen LogP contribution in [-0.4, -0.2) is 31.8 Å². The van der Waals surface area contributed by atoms with Gasteiger partial charge in [0, 0.05) is 29.1 Å². The molecule has 0 radical (unpaired) electrons. The first-order valence-corrected chi connectivity index (χ1v) is 9.03. The lowest BCUT2D eigenvalue weighted by atomic mass is 10.1. The van der Waals surface area contributed by atoms with Crippen LogP contribution in [0.1, 0.15) is 47.9 Å². The lowest BCUT2D eigenvalue weighted by molar-refractivity contribution is 0.100. The van der Waals surface area contributed by atoms with Gasteiger partial charge in [-0.2, -0.15) is 10.2 Å². The van der Waals surface area contributed by atoms with Gasteiger partial charge in [-0.25, -0.2) is 4.52 Å². The molecule has 0 saturated heterocycles. The molecule has 1 aliphatic rings. The molecule has 26 heavy (non-hydrogen) atoms. The van der Waals surface area contributed by atoms with Crippen molar-refractivity contribution in [3.8, 4) is 11.1 Å². The largest absolute Gasteiger partial charge is 0.380 e. The number of aromatic amines is 1. The van der Waals surface area contributed by atoms with Gasteiger partial charge < -0.3 is 11.1 Å². The number of primary amides is 1. The second-order valence-electron chi connectivity index (χ2n) is 7.39. The third-order valence-electron chi connectivity index (χ3n) is 5.09. The minimum atomic E-state index is -0.473. The van der Waals surface area contributed by atoms with Crippen molar-refractivity contribution >= 4 is 17.1 Å². The van der Waals surface area contributed by atoms with Crippen molar-refractivity contribution < 1.29 is 4.79 Å². The Bertz CT molecular complexity index is 962. The molecule has 0 aromatic carbocycles. The van der Waals surface area contributed by atoms with E-state index in [1.165, 1.54) is 12.8 Å². The molecule has 3 aromatic rings. The highest BCUT2D eigenvalue weighted by Crippen LogP contribution is 2.35. The molecule has 3 aromatic heterocycles. The van der Waals surface area contributed by atoms with Crippen LogP contribution in [-0.2, 0) is 0 Å². The molecule has 3 heterocycles. The van der Waals surface area contributed by atoms with E-state index in [4.69, 9.17) is 5.73 Å². The maximum absolute atomic E-state index is 11.9. The number of nitrogens with zero attached hydrogens (tertiary/aromatic N) is 3. The summed E-state index contributed by atoms with van der Waals surface area (Å²) in [5, 5.41) is 15.2. The lowest BCUT2D eigenvalue weighted by Crippen LogP contribution is -2.21. The van der Waals surface area contributed by atoms with E-state index in [2.05, 4.69) is 27.5 Å². The third-order valence-corrected chi connectivity index (χ3v) is 5.09. The van der Waals surface area contributed by atoms with Crippen molar-refractivity contribution in [1.29, 1.82) is 0 Å². The first-order valence-electron chi connectivity index (χ1n) is 9.03. The Kier molecular flexibility index (Phi) is 3.94. The Labute approximate surface area is 152 Å². The maximum Gasteiger partial charge on any atom is 0.252 e. The van der Waals surface area contributed by atoms with Gasteiger partial charge >= 0.3 is 0 Å². The zero-order valence-electron chi connectivity index (χ0n) is 15.3. The predicted octanol–water partition coefficient (Wildman–Crippen LogP) is 3.04. The molecule has 1 fully saturated rings. The highest BCUT2D eigenvalue weighted by Gasteiger charge is 2.25. The van der Waals surface area contributed by atoms with E-state index in [0.717, 1.165) is 46.1 Å². The fourth-order valence-corrected chi connectivity index (χ4v) is 3.67. The fourth-order valence-electron chi connectivity index (χ4n) is 3.67. The fraction of sp³-hybridized carbons (Fsp3) is 0.421. The molecule has 4 rings (SSSR count). The second kappa shape index (κ2) is 6.16. The highest BCUT2D eigenvalue weighted by molar-refractivity contribution is 6.02. The van der Waals surface area contributed by atoms with Crippen LogP contribution in [0.5, 0.6) is 0 Å². The molecule has 0 aliphatic heterocycles. The number of hydrogen-bond donors (Lipinski definition) is 3. The van der Waals surface area contributed by atoms with Crippen LogP contribution in [0.3, 0.4) is 0 Å². The van der Waals surface area contributed by atoms with Crippen LogP contribution >= 0.6 is 0 Å². The van der Waals surface area contributed by atoms with Gasteiger partial charge in [-0.3, -0.25) is 9.89 Å². The van der Waals surface area contributed by atoms with E-state index >= 15 is 0 Å². The average Bonchev–Trinajstić information content (AvgIpc) is 3.17. The Balaban J connectivity index is 1.80. The molecule has 1 saturated carbocycles. The lowest BCUT2D eigenvalue weighted by Gasteiger charge is -2.17. The second-order valence-corrected chi connectivity index (χ2v) is 7.39. The molecule has 7 nitrogen and oxygen atoms in total. The van der Waals surface area contributed by atoms with E-state index in [-0.39, 0.29) is 6.04 Å². The van der Waals surface area contributed by atoms with Gasteiger partial charge in [0.2, 0.25) is 0 Å². The topological polar surface area (TPSA) is 101 Å². The SMILES string of the molecule is Cc1n[nH]c(C)c1-c1cc2c(N[C@H](C)CC3CC3)c(C(N)=O)cnn2c1. The minimum absolute atomic E-state index is 0.266. The Morgan fingerprint density at radius 1 is 1.46 bits per heavy atom. The summed E-state index contributed by atoms with van der Waals surface area (Å²) < 4.78 is 1.79. The molecule has 136 valence electrons. The molecule has 0 unspecified atom stereocenters. The van der Waals surface area contributed by atoms with Crippen LogP contribution in [0.25, 0.3) is 16.6 Å². The number of carbonyl (C=O) groups is 1. The number of aromatic nitrogens is 4. The number of nitrogens with one attached hydrogen (secondary N) is 2. The summed E-state index contributed by atoms with van der Waals surface area (Å²) in [4.78, 5) is 11.9. The van der Waals surface area contributed by atoms with Crippen LogP contribution < -0.4 is 11.1 Å². The number of amides is 1. The van der Waals surface area contributed by atoms with Crippen molar-refractivity contribution in [2.45, 2.75) is 46.1 Å². The van der Waals surface area contributed by atoms with Gasteiger partial charge in [-0.05, 0) is 39.2 Å². The molecular formula is C19H24N6O. The standard InChI is InChI=1S/C19H24N6O/c1-10(6-13-4-5-13)22-18-15(19(20)26)8-21-25-9-14(7-16(18)25)17-11(2)23-24-12(17)3/h7-10,13,22H,4-6H2,1-3H3,(H2,20,26)(H,23,24)/t10-/m1/s1. The number of anilines is 1. The van der Waals surface area contributed by atoms with Gasteiger partial charge in [-0.15, -0.1) is 0 Å². The number of hydrogen-bond acceptors (Lipinski definition) is 4. The molecular weight excluding hydrogens is 328 g/mol. The highest BCUT2D eigenvalue weighted by atomic mass is 16.1. The number of aryl methyl sites for hydroxylation is 2. The smallest absolute Gasteiger partial charge is 0.252 e. The van der Waals surface area contributed by atoms with E-state index in [9.17, 15) is 4.79 Å². The van der Waals surface area contributed by atoms with E-state index in [0.29, 0.717) is 5.56 Å². The Hall–Kier alpha value is -2.83. The van der Waals surface area contributed by atoms with E-state index < -0.39 is 5.91 Å². The molecule has 0 bridgehead atoms. The van der Waals surface area contributed by atoms with E-state index in [1.54, 1.807) is 10.7 Å². The molecule has 1 aliphatic carbocycles. The monoisotopic (exact) mass is 352 g/mol. The summed E-state index contributed by atoms with van der Waals surface area (Å²) in [5.74, 6) is 0.325. The van der Waals surface area contributed by atoms with Gasteiger partial charge in [0.1, 0.15) is 0 Å². The van der Waals surface area contributed by atoms with Crippen LogP contribution in [0.2, 0.25) is 0 Å². The molecule has 7 heteroatoms. The molecule has 1 atom stereocenters. The molecule has 0 spiro atoms. The Morgan fingerprint density at radius 3 is 2.85 bits per heavy atom. The summed E-state index contributed by atoms with van der Waals surface area (Å²) >= 11 is 0. The van der Waals surface area contributed by atoms with Gasteiger partial charge in [-0.1, -0.05) is 12.8 Å². The number of H-pyrrole nitrogens is 1. The number of carbonyl (C=O) groups excluding carboxylic acids is 1. The summed E-state index contributed by atoms with van der Waals surface area (Å²) in [7, 11) is 0. The zero-order chi connectivity index (χ0) is 18.4. The predicted molar refractivity (Wildman–Crippen MR) is 101 cm³/mol. The normalized spacial score (nSPS) is 15.3. The summed E-state index contributed by atoms with van der Waals surface area (Å²) in [6.07, 6.45) is 7.20. The summed E-state index contributed by atoms with van der Waals surface area (Å²) in [5.41, 5.74) is 11.6. The maximum atomic E-state index is 11.9. The van der Waals surface area contributed by atoms with Crippen molar-refractivity contribution in [3.63, 3.8) is 0 Å².